The molecule has 1 aromatic carbocycles. The molecule has 3 aromatic rings. The highest BCUT2D eigenvalue weighted by molar-refractivity contribution is 7.71. The van der Waals surface area contributed by atoms with Gasteiger partial charge in [0.1, 0.15) is 18.1 Å². The molecule has 98 valence electrons. The summed E-state index contributed by atoms with van der Waals surface area (Å²) >= 11 is 5.25. The van der Waals surface area contributed by atoms with Crippen LogP contribution in [0, 0.1) is 10.6 Å². The van der Waals surface area contributed by atoms with E-state index in [-0.39, 0.29) is 5.82 Å². The van der Waals surface area contributed by atoms with Crippen molar-refractivity contribution in [3.05, 3.63) is 46.6 Å². The van der Waals surface area contributed by atoms with Crippen molar-refractivity contribution in [1.82, 2.24) is 14.5 Å². The molecule has 0 aliphatic heterocycles. The maximum Gasteiger partial charge on any atom is 0.214 e. The SMILES string of the molecule is CCc1cnc(Cn2c(=S)[nH]c3cc(F)ccc32)o1. The van der Waals surface area contributed by atoms with Crippen LogP contribution in [-0.2, 0) is 13.0 Å². The zero-order valence-corrected chi connectivity index (χ0v) is 11.1. The summed E-state index contributed by atoms with van der Waals surface area (Å²) in [6.45, 7) is 2.44. The van der Waals surface area contributed by atoms with Gasteiger partial charge in [-0.3, -0.25) is 0 Å². The zero-order chi connectivity index (χ0) is 13.4. The molecule has 0 aliphatic carbocycles. The second-order valence-corrected chi connectivity index (χ2v) is 4.64. The van der Waals surface area contributed by atoms with E-state index in [1.165, 1.54) is 12.1 Å². The molecular weight excluding hydrogens is 265 g/mol. The standard InChI is InChI=1S/C13H12FN3OS/c1-2-9-6-15-12(18-9)7-17-11-4-3-8(14)5-10(11)16-13(17)19/h3-6H,2,7H2,1H3,(H,16,19). The maximum atomic E-state index is 13.2. The van der Waals surface area contributed by atoms with E-state index in [2.05, 4.69) is 9.97 Å². The molecule has 19 heavy (non-hydrogen) atoms. The molecule has 0 fully saturated rings. The number of aromatic amines is 1. The molecule has 6 heteroatoms. The van der Waals surface area contributed by atoms with Gasteiger partial charge in [0.15, 0.2) is 4.77 Å². The average molecular weight is 277 g/mol. The third-order valence-electron chi connectivity index (χ3n) is 2.98. The van der Waals surface area contributed by atoms with Gasteiger partial charge in [-0.2, -0.15) is 0 Å². The number of imidazole rings is 1. The smallest absolute Gasteiger partial charge is 0.214 e. The number of hydrogen-bond donors (Lipinski definition) is 1. The van der Waals surface area contributed by atoms with Crippen molar-refractivity contribution in [3.63, 3.8) is 0 Å². The van der Waals surface area contributed by atoms with E-state index < -0.39 is 0 Å². The Hall–Kier alpha value is -1.95. The second-order valence-electron chi connectivity index (χ2n) is 4.25. The number of hydrogen-bond acceptors (Lipinski definition) is 3. The average Bonchev–Trinajstić information content (AvgIpc) is 2.95. The van der Waals surface area contributed by atoms with Crippen molar-refractivity contribution in [2.24, 2.45) is 0 Å². The number of rotatable bonds is 3. The molecule has 2 heterocycles. The first-order valence-corrected chi connectivity index (χ1v) is 6.40. The number of oxazole rings is 1. The molecule has 0 radical (unpaired) electrons. The number of aryl methyl sites for hydroxylation is 1. The molecule has 0 spiro atoms. The summed E-state index contributed by atoms with van der Waals surface area (Å²) in [4.78, 5) is 7.18. The van der Waals surface area contributed by atoms with E-state index in [1.807, 2.05) is 11.5 Å². The van der Waals surface area contributed by atoms with Crippen LogP contribution in [0.15, 0.2) is 28.8 Å². The Balaban J connectivity index is 2.05. The van der Waals surface area contributed by atoms with Crippen LogP contribution in [0.4, 0.5) is 4.39 Å². The first-order chi connectivity index (χ1) is 9.17. The summed E-state index contributed by atoms with van der Waals surface area (Å²) in [5.41, 5.74) is 1.51. The molecule has 0 aliphatic rings. The van der Waals surface area contributed by atoms with Crippen molar-refractivity contribution in [1.29, 1.82) is 0 Å². The third kappa shape index (κ3) is 2.19. The molecule has 0 amide bonds. The lowest BCUT2D eigenvalue weighted by molar-refractivity contribution is 0.447. The van der Waals surface area contributed by atoms with Crippen LogP contribution in [0.25, 0.3) is 11.0 Å². The normalized spacial score (nSPS) is 11.3. The summed E-state index contributed by atoms with van der Waals surface area (Å²) in [7, 11) is 0. The topological polar surface area (TPSA) is 46.8 Å². The lowest BCUT2D eigenvalue weighted by Gasteiger charge is -2.00. The number of H-pyrrole nitrogens is 1. The summed E-state index contributed by atoms with van der Waals surface area (Å²) in [6.07, 6.45) is 2.52. The van der Waals surface area contributed by atoms with Gasteiger partial charge in [0.05, 0.1) is 17.2 Å². The van der Waals surface area contributed by atoms with Crippen LogP contribution in [0.5, 0.6) is 0 Å². The minimum atomic E-state index is -0.291. The molecule has 4 nitrogen and oxygen atoms in total. The number of halogens is 1. The number of benzene rings is 1. The zero-order valence-electron chi connectivity index (χ0n) is 10.3. The Morgan fingerprint density at radius 1 is 1.47 bits per heavy atom. The van der Waals surface area contributed by atoms with Crippen molar-refractivity contribution in [2.75, 3.05) is 0 Å². The Bertz CT molecular complexity index is 787. The molecule has 0 unspecified atom stereocenters. The highest BCUT2D eigenvalue weighted by Gasteiger charge is 2.09. The van der Waals surface area contributed by atoms with E-state index in [1.54, 1.807) is 12.3 Å². The van der Waals surface area contributed by atoms with Crippen LogP contribution in [0.1, 0.15) is 18.6 Å². The largest absolute Gasteiger partial charge is 0.444 e. The van der Waals surface area contributed by atoms with Crippen molar-refractivity contribution >= 4 is 23.3 Å². The predicted octanol–water partition coefficient (Wildman–Crippen LogP) is 3.44. The third-order valence-corrected chi connectivity index (χ3v) is 3.30. The fraction of sp³-hybridized carbons (Fsp3) is 0.231. The van der Waals surface area contributed by atoms with Gasteiger partial charge in [-0.25, -0.2) is 9.37 Å². The summed E-state index contributed by atoms with van der Waals surface area (Å²) in [5, 5.41) is 0. The molecule has 0 saturated carbocycles. The summed E-state index contributed by atoms with van der Waals surface area (Å²) in [5.74, 6) is 1.14. The lowest BCUT2D eigenvalue weighted by atomic mass is 10.3. The Labute approximate surface area is 113 Å². The number of nitrogens with zero attached hydrogens (tertiary/aromatic N) is 2. The number of nitrogens with one attached hydrogen (secondary N) is 1. The van der Waals surface area contributed by atoms with E-state index in [0.717, 1.165) is 17.7 Å². The fourth-order valence-corrected chi connectivity index (χ4v) is 2.29. The molecule has 0 atom stereocenters. The van der Waals surface area contributed by atoms with Crippen molar-refractivity contribution in [3.8, 4) is 0 Å². The monoisotopic (exact) mass is 277 g/mol. The van der Waals surface area contributed by atoms with Gasteiger partial charge in [-0.15, -0.1) is 0 Å². The first kappa shape index (κ1) is 12.1. The Morgan fingerprint density at radius 3 is 3.05 bits per heavy atom. The summed E-state index contributed by atoms with van der Waals surface area (Å²) in [6, 6.07) is 4.53. The summed E-state index contributed by atoms with van der Waals surface area (Å²) < 4.78 is 21.1. The highest BCUT2D eigenvalue weighted by Crippen LogP contribution is 2.17. The van der Waals surface area contributed by atoms with Gasteiger partial charge >= 0.3 is 0 Å². The van der Waals surface area contributed by atoms with Gasteiger partial charge in [0, 0.05) is 6.42 Å². The fourth-order valence-electron chi connectivity index (χ4n) is 2.01. The molecule has 0 saturated heterocycles. The van der Waals surface area contributed by atoms with Crippen molar-refractivity contribution in [2.45, 2.75) is 19.9 Å². The first-order valence-electron chi connectivity index (χ1n) is 5.99. The lowest BCUT2D eigenvalue weighted by Crippen LogP contribution is -1.99. The van der Waals surface area contributed by atoms with E-state index in [0.29, 0.717) is 22.7 Å². The quantitative estimate of drug-likeness (QED) is 0.746. The predicted molar refractivity (Wildman–Crippen MR) is 72.1 cm³/mol. The van der Waals surface area contributed by atoms with Crippen molar-refractivity contribution < 1.29 is 8.81 Å². The minimum absolute atomic E-state index is 0.291. The van der Waals surface area contributed by atoms with Gasteiger partial charge in [-0.1, -0.05) is 6.92 Å². The maximum absolute atomic E-state index is 13.2. The van der Waals surface area contributed by atoms with Crippen LogP contribution in [-0.4, -0.2) is 14.5 Å². The molecule has 1 N–H and O–H groups in total. The van der Waals surface area contributed by atoms with Crippen LogP contribution in [0.3, 0.4) is 0 Å². The molecule has 2 aromatic heterocycles. The van der Waals surface area contributed by atoms with Gasteiger partial charge in [0.25, 0.3) is 0 Å². The second kappa shape index (κ2) is 4.62. The Kier molecular flexibility index (Phi) is 2.94. The Morgan fingerprint density at radius 2 is 2.32 bits per heavy atom. The molecular formula is C13H12FN3OS. The van der Waals surface area contributed by atoms with Crippen LogP contribution >= 0.6 is 12.2 Å². The van der Waals surface area contributed by atoms with Gasteiger partial charge < -0.3 is 14.0 Å². The highest BCUT2D eigenvalue weighted by atomic mass is 32.1. The van der Waals surface area contributed by atoms with Crippen LogP contribution < -0.4 is 0 Å². The van der Waals surface area contributed by atoms with E-state index in [4.69, 9.17) is 16.6 Å². The van der Waals surface area contributed by atoms with E-state index >= 15 is 0 Å². The minimum Gasteiger partial charge on any atom is -0.444 e. The van der Waals surface area contributed by atoms with Gasteiger partial charge in [-0.05, 0) is 30.4 Å². The molecule has 3 rings (SSSR count). The van der Waals surface area contributed by atoms with Crippen LogP contribution in [0.2, 0.25) is 0 Å². The van der Waals surface area contributed by atoms with Gasteiger partial charge in [0.2, 0.25) is 5.89 Å². The number of fused-ring (bicyclic) bond motifs is 1. The van der Waals surface area contributed by atoms with E-state index in [9.17, 15) is 4.39 Å². The number of aromatic nitrogens is 3. The molecule has 0 bridgehead atoms.